The maximum absolute atomic E-state index is 11.2. The van der Waals surface area contributed by atoms with Crippen molar-refractivity contribution in [2.45, 2.75) is 26.7 Å². The molecule has 1 aromatic rings. The maximum atomic E-state index is 11.2. The zero-order valence-corrected chi connectivity index (χ0v) is 10.4. The van der Waals surface area contributed by atoms with Gasteiger partial charge in [0, 0.05) is 5.02 Å². The van der Waals surface area contributed by atoms with E-state index >= 15 is 0 Å². The topological polar surface area (TPSA) is 37.3 Å². The van der Waals surface area contributed by atoms with E-state index in [1.165, 1.54) is 0 Å². The van der Waals surface area contributed by atoms with Crippen molar-refractivity contribution in [3.05, 3.63) is 34.9 Å². The van der Waals surface area contributed by atoms with Crippen LogP contribution >= 0.6 is 11.6 Å². The lowest BCUT2D eigenvalue weighted by molar-refractivity contribution is -0.143. The number of rotatable bonds is 5. The molecule has 0 aliphatic heterocycles. The largest absolute Gasteiger partial charge is 0.481 e. The van der Waals surface area contributed by atoms with E-state index in [1.54, 1.807) is 6.07 Å². The lowest BCUT2D eigenvalue weighted by atomic mass is 9.86. The molecule has 1 unspecified atom stereocenters. The molecular formula is C13H17ClO2. The molecule has 2 nitrogen and oxygen atoms in total. The van der Waals surface area contributed by atoms with Gasteiger partial charge in [-0.05, 0) is 30.0 Å². The van der Waals surface area contributed by atoms with Gasteiger partial charge in [0.1, 0.15) is 0 Å². The normalized spacial score (nSPS) is 14.4. The fourth-order valence-corrected chi connectivity index (χ4v) is 1.95. The summed E-state index contributed by atoms with van der Waals surface area (Å²) in [5.41, 5.74) is 0.986. The van der Waals surface area contributed by atoms with E-state index in [-0.39, 0.29) is 11.8 Å². The Hall–Kier alpha value is -1.02. The summed E-state index contributed by atoms with van der Waals surface area (Å²) in [5.74, 6) is -0.880. The number of carboxylic acids is 1. The van der Waals surface area contributed by atoms with Crippen molar-refractivity contribution in [1.29, 1.82) is 0 Å². The van der Waals surface area contributed by atoms with Gasteiger partial charge in [-0.3, -0.25) is 4.79 Å². The fraction of sp³-hybridized carbons (Fsp3) is 0.462. The molecule has 1 N–H and O–H groups in total. The van der Waals surface area contributed by atoms with Crippen LogP contribution in [0.3, 0.4) is 0 Å². The van der Waals surface area contributed by atoms with Crippen LogP contribution in [0.5, 0.6) is 0 Å². The molecule has 16 heavy (non-hydrogen) atoms. The summed E-state index contributed by atoms with van der Waals surface area (Å²) in [5, 5.41) is 9.83. The first-order valence-corrected chi connectivity index (χ1v) is 5.89. The molecule has 0 heterocycles. The maximum Gasteiger partial charge on any atom is 0.307 e. The quantitative estimate of drug-likeness (QED) is 0.853. The van der Waals surface area contributed by atoms with Crippen LogP contribution in [0.15, 0.2) is 24.3 Å². The Balaban J connectivity index is 2.79. The first-order chi connectivity index (χ1) is 7.54. The summed E-state index contributed by atoms with van der Waals surface area (Å²) in [6.45, 7) is 3.99. The third kappa shape index (κ3) is 3.53. The van der Waals surface area contributed by atoms with Crippen molar-refractivity contribution >= 4 is 17.6 Å². The monoisotopic (exact) mass is 240 g/mol. The SMILES string of the molecule is CC[C@@H](C)C(Cc1cccc(Cl)c1)C(=O)O. The minimum Gasteiger partial charge on any atom is -0.481 e. The van der Waals surface area contributed by atoms with E-state index in [1.807, 2.05) is 32.0 Å². The number of hydrogen-bond acceptors (Lipinski definition) is 1. The molecule has 0 fully saturated rings. The Morgan fingerprint density at radius 3 is 2.69 bits per heavy atom. The van der Waals surface area contributed by atoms with Crippen LogP contribution < -0.4 is 0 Å². The highest BCUT2D eigenvalue weighted by atomic mass is 35.5. The summed E-state index contributed by atoms with van der Waals surface area (Å²) in [6, 6.07) is 7.40. The van der Waals surface area contributed by atoms with Crippen molar-refractivity contribution < 1.29 is 9.90 Å². The first kappa shape index (κ1) is 13.0. The summed E-state index contributed by atoms with van der Waals surface area (Å²) >= 11 is 5.87. The minimum absolute atomic E-state index is 0.177. The second kappa shape index (κ2) is 5.90. The predicted octanol–water partition coefficient (Wildman–Crippen LogP) is 3.63. The van der Waals surface area contributed by atoms with Crippen molar-refractivity contribution in [2.24, 2.45) is 11.8 Å². The second-order valence-electron chi connectivity index (χ2n) is 4.16. The van der Waals surface area contributed by atoms with Gasteiger partial charge in [-0.25, -0.2) is 0 Å². The van der Waals surface area contributed by atoms with E-state index < -0.39 is 5.97 Å². The average molecular weight is 241 g/mol. The van der Waals surface area contributed by atoms with E-state index in [9.17, 15) is 9.90 Å². The highest BCUT2D eigenvalue weighted by Crippen LogP contribution is 2.22. The molecular weight excluding hydrogens is 224 g/mol. The van der Waals surface area contributed by atoms with Crippen molar-refractivity contribution in [2.75, 3.05) is 0 Å². The summed E-state index contributed by atoms with van der Waals surface area (Å²) in [4.78, 5) is 11.2. The van der Waals surface area contributed by atoms with Crippen LogP contribution in [0.1, 0.15) is 25.8 Å². The molecule has 1 aromatic carbocycles. The number of carboxylic acid groups (broad SMARTS) is 1. The van der Waals surface area contributed by atoms with Crippen LogP contribution in [0, 0.1) is 11.8 Å². The number of benzene rings is 1. The molecule has 0 spiro atoms. The van der Waals surface area contributed by atoms with Gasteiger partial charge < -0.3 is 5.11 Å². The molecule has 3 heteroatoms. The van der Waals surface area contributed by atoms with Crippen LogP contribution in [-0.4, -0.2) is 11.1 Å². The Labute approximate surface area is 101 Å². The standard InChI is InChI=1S/C13H17ClO2/c1-3-9(2)12(13(15)16)8-10-5-4-6-11(14)7-10/h4-7,9,12H,3,8H2,1-2H3,(H,15,16)/t9-,12?/m1/s1. The molecule has 0 saturated heterocycles. The van der Waals surface area contributed by atoms with Crippen LogP contribution in [0.25, 0.3) is 0 Å². The molecule has 88 valence electrons. The van der Waals surface area contributed by atoms with E-state index in [4.69, 9.17) is 11.6 Å². The molecule has 0 bridgehead atoms. The Morgan fingerprint density at radius 1 is 1.50 bits per heavy atom. The van der Waals surface area contributed by atoms with Gasteiger partial charge in [0.15, 0.2) is 0 Å². The summed E-state index contributed by atoms with van der Waals surface area (Å²) in [6.07, 6.45) is 1.42. The lowest BCUT2D eigenvalue weighted by Crippen LogP contribution is -2.23. The van der Waals surface area contributed by atoms with Crippen LogP contribution in [0.4, 0.5) is 0 Å². The van der Waals surface area contributed by atoms with Crippen molar-refractivity contribution in [3.63, 3.8) is 0 Å². The fourth-order valence-electron chi connectivity index (χ4n) is 1.73. The highest BCUT2D eigenvalue weighted by Gasteiger charge is 2.23. The molecule has 0 radical (unpaired) electrons. The van der Waals surface area contributed by atoms with Gasteiger partial charge >= 0.3 is 5.97 Å². The van der Waals surface area contributed by atoms with E-state index in [2.05, 4.69) is 0 Å². The summed E-state index contributed by atoms with van der Waals surface area (Å²) < 4.78 is 0. The van der Waals surface area contributed by atoms with Gasteiger partial charge in [-0.1, -0.05) is 44.0 Å². The average Bonchev–Trinajstić information content (AvgIpc) is 2.24. The molecule has 2 atom stereocenters. The van der Waals surface area contributed by atoms with Crippen molar-refractivity contribution in [1.82, 2.24) is 0 Å². The van der Waals surface area contributed by atoms with Gasteiger partial charge in [-0.15, -0.1) is 0 Å². The predicted molar refractivity (Wildman–Crippen MR) is 65.7 cm³/mol. The van der Waals surface area contributed by atoms with Gasteiger partial charge in [0.05, 0.1) is 5.92 Å². The van der Waals surface area contributed by atoms with Crippen molar-refractivity contribution in [3.8, 4) is 0 Å². The van der Waals surface area contributed by atoms with Crippen LogP contribution in [-0.2, 0) is 11.2 Å². The molecule has 1 rings (SSSR count). The van der Waals surface area contributed by atoms with Gasteiger partial charge in [0.25, 0.3) is 0 Å². The Bertz CT molecular complexity index is 363. The van der Waals surface area contributed by atoms with Gasteiger partial charge in [-0.2, -0.15) is 0 Å². The van der Waals surface area contributed by atoms with Crippen LogP contribution in [0.2, 0.25) is 5.02 Å². The Morgan fingerprint density at radius 2 is 2.19 bits per heavy atom. The molecule has 0 aromatic heterocycles. The van der Waals surface area contributed by atoms with E-state index in [0.717, 1.165) is 12.0 Å². The molecule has 0 aliphatic carbocycles. The molecule has 0 aliphatic rings. The third-order valence-electron chi connectivity index (χ3n) is 2.99. The number of hydrogen-bond donors (Lipinski definition) is 1. The second-order valence-corrected chi connectivity index (χ2v) is 4.60. The number of aliphatic carboxylic acids is 1. The minimum atomic E-state index is -0.727. The zero-order chi connectivity index (χ0) is 12.1. The van der Waals surface area contributed by atoms with E-state index in [0.29, 0.717) is 11.4 Å². The summed E-state index contributed by atoms with van der Waals surface area (Å²) in [7, 11) is 0. The molecule has 0 saturated carbocycles. The number of carbonyl (C=O) groups is 1. The first-order valence-electron chi connectivity index (χ1n) is 5.51. The molecule has 0 amide bonds. The lowest BCUT2D eigenvalue weighted by Gasteiger charge is -2.18. The highest BCUT2D eigenvalue weighted by molar-refractivity contribution is 6.30. The smallest absolute Gasteiger partial charge is 0.307 e. The Kier molecular flexibility index (Phi) is 4.81. The zero-order valence-electron chi connectivity index (χ0n) is 9.61. The number of halogens is 1. The van der Waals surface area contributed by atoms with Gasteiger partial charge in [0.2, 0.25) is 0 Å². The third-order valence-corrected chi connectivity index (χ3v) is 3.23.